The molecule has 1 N–H and O–H groups in total. The summed E-state index contributed by atoms with van der Waals surface area (Å²) < 4.78 is 0. The molecule has 5 rings (SSSR count). The van der Waals surface area contributed by atoms with Crippen molar-refractivity contribution < 1.29 is 4.79 Å². The van der Waals surface area contributed by atoms with Gasteiger partial charge in [-0.25, -0.2) is 0 Å². The lowest BCUT2D eigenvalue weighted by Gasteiger charge is -2.34. The molecule has 1 heterocycles. The van der Waals surface area contributed by atoms with Gasteiger partial charge in [0.15, 0.2) is 0 Å². The molecule has 3 aliphatic rings. The van der Waals surface area contributed by atoms with E-state index in [1.165, 1.54) is 47.9 Å². The topological polar surface area (TPSA) is 32.3 Å². The summed E-state index contributed by atoms with van der Waals surface area (Å²) in [5.41, 5.74) is 5.45. The van der Waals surface area contributed by atoms with E-state index in [4.69, 9.17) is 0 Å². The summed E-state index contributed by atoms with van der Waals surface area (Å²) in [6.07, 6.45) is 10.7. The number of nitrogens with zero attached hydrogens (tertiary/aromatic N) is 1. The zero-order valence-electron chi connectivity index (χ0n) is 18.4. The van der Waals surface area contributed by atoms with Gasteiger partial charge in [0.1, 0.15) is 0 Å². The highest BCUT2D eigenvalue weighted by atomic mass is 16.2. The Morgan fingerprint density at radius 3 is 2.48 bits per heavy atom. The van der Waals surface area contributed by atoms with E-state index in [2.05, 4.69) is 70.9 Å². The van der Waals surface area contributed by atoms with Crippen molar-refractivity contribution in [1.82, 2.24) is 10.2 Å². The molecule has 162 valence electrons. The largest absolute Gasteiger partial charge is 0.335 e. The first kappa shape index (κ1) is 20.5. The zero-order chi connectivity index (χ0) is 21.0. The minimum absolute atomic E-state index is 0.0752. The van der Waals surface area contributed by atoms with Crippen molar-refractivity contribution in [3.63, 3.8) is 0 Å². The quantitative estimate of drug-likeness (QED) is 0.674. The van der Waals surface area contributed by atoms with Crippen molar-refractivity contribution in [2.75, 3.05) is 13.1 Å². The second kappa shape index (κ2) is 9.40. The highest BCUT2D eigenvalue weighted by Gasteiger charge is 2.37. The first-order valence-electron chi connectivity index (χ1n) is 12.1. The van der Waals surface area contributed by atoms with Gasteiger partial charge in [0.05, 0.1) is 5.92 Å². The molecule has 0 radical (unpaired) electrons. The third-order valence-electron chi connectivity index (χ3n) is 7.21. The maximum Gasteiger partial charge on any atom is 0.227 e. The molecule has 2 aliphatic carbocycles. The van der Waals surface area contributed by atoms with Crippen molar-refractivity contribution >= 4 is 11.5 Å². The molecule has 3 nitrogen and oxygen atoms in total. The Labute approximate surface area is 186 Å². The fraction of sp³-hybridized carbons (Fsp3) is 0.464. The fourth-order valence-electron chi connectivity index (χ4n) is 5.24. The Hall–Kier alpha value is -2.39. The monoisotopic (exact) mass is 414 g/mol. The number of rotatable bonds is 6. The van der Waals surface area contributed by atoms with Gasteiger partial charge in [-0.15, -0.1) is 0 Å². The van der Waals surface area contributed by atoms with Gasteiger partial charge in [0.2, 0.25) is 5.91 Å². The van der Waals surface area contributed by atoms with E-state index in [-0.39, 0.29) is 5.92 Å². The highest BCUT2D eigenvalue weighted by molar-refractivity contribution is 5.80. The van der Waals surface area contributed by atoms with Crippen molar-refractivity contribution in [3.05, 3.63) is 77.4 Å². The van der Waals surface area contributed by atoms with Crippen LogP contribution in [0.3, 0.4) is 0 Å². The minimum atomic E-state index is 0.0752. The van der Waals surface area contributed by atoms with Crippen LogP contribution in [0.1, 0.15) is 67.6 Å². The number of piperidine rings is 1. The van der Waals surface area contributed by atoms with Gasteiger partial charge in [0, 0.05) is 25.7 Å². The Bertz CT molecular complexity index is 914. The summed E-state index contributed by atoms with van der Waals surface area (Å²) in [5, 5.41) is 3.53. The zero-order valence-corrected chi connectivity index (χ0v) is 18.4. The number of carbonyl (C=O) groups excluding carboxylic acids is 1. The molecule has 1 saturated heterocycles. The molecular formula is C28H34N2O. The second-order valence-electron chi connectivity index (χ2n) is 9.57. The van der Waals surface area contributed by atoms with Crippen LogP contribution in [0.4, 0.5) is 0 Å². The molecule has 1 saturated carbocycles. The van der Waals surface area contributed by atoms with Gasteiger partial charge in [-0.3, -0.25) is 4.79 Å². The Kier molecular flexibility index (Phi) is 6.22. The molecule has 2 atom stereocenters. The predicted molar refractivity (Wildman–Crippen MR) is 127 cm³/mol. The lowest BCUT2D eigenvalue weighted by Crippen LogP contribution is -2.45. The molecule has 0 aromatic heterocycles. The van der Waals surface area contributed by atoms with Crippen LogP contribution in [0.5, 0.6) is 0 Å². The van der Waals surface area contributed by atoms with Gasteiger partial charge in [-0.2, -0.15) is 0 Å². The smallest absolute Gasteiger partial charge is 0.227 e. The predicted octanol–water partition coefficient (Wildman–Crippen LogP) is 5.53. The lowest BCUT2D eigenvalue weighted by atomic mass is 9.85. The fourth-order valence-corrected chi connectivity index (χ4v) is 5.24. The van der Waals surface area contributed by atoms with Crippen molar-refractivity contribution in [1.29, 1.82) is 0 Å². The molecule has 2 fully saturated rings. The average Bonchev–Trinajstić information content (AvgIpc) is 3.69. The van der Waals surface area contributed by atoms with Gasteiger partial charge in [-0.05, 0) is 73.1 Å². The molecule has 31 heavy (non-hydrogen) atoms. The van der Waals surface area contributed by atoms with Crippen LogP contribution in [0.2, 0.25) is 0 Å². The summed E-state index contributed by atoms with van der Waals surface area (Å²) >= 11 is 0. The number of benzene rings is 2. The summed E-state index contributed by atoms with van der Waals surface area (Å²) in [6.45, 7) is 2.52. The van der Waals surface area contributed by atoms with E-state index in [1.54, 1.807) is 0 Å². The average molecular weight is 415 g/mol. The van der Waals surface area contributed by atoms with Crippen LogP contribution < -0.4 is 5.32 Å². The Morgan fingerprint density at radius 2 is 1.77 bits per heavy atom. The van der Waals surface area contributed by atoms with Crippen molar-refractivity contribution in [2.45, 2.75) is 63.5 Å². The van der Waals surface area contributed by atoms with Crippen LogP contribution >= 0.6 is 0 Å². The van der Waals surface area contributed by atoms with Crippen LogP contribution in [0.15, 0.2) is 60.7 Å². The standard InChI is InChI=1S/C28H34N2O/c31-28(26-17-25(18-29-19-26)23-9-5-2-6-10-23)30(27-15-16-27)20-21-11-13-24(14-12-21)22-7-3-1-4-8-22/h2,5-7,9-14,25-27,29H,1,3-4,8,15-20H2. The third kappa shape index (κ3) is 4.93. The molecule has 1 amide bonds. The van der Waals surface area contributed by atoms with Gasteiger partial charge in [0.25, 0.3) is 0 Å². The summed E-state index contributed by atoms with van der Waals surface area (Å²) in [6, 6.07) is 20.1. The van der Waals surface area contributed by atoms with E-state index in [0.29, 0.717) is 17.9 Å². The third-order valence-corrected chi connectivity index (χ3v) is 7.21. The molecular weight excluding hydrogens is 380 g/mol. The van der Waals surface area contributed by atoms with E-state index in [1.807, 2.05) is 0 Å². The first-order valence-corrected chi connectivity index (χ1v) is 12.1. The molecule has 2 aromatic carbocycles. The summed E-state index contributed by atoms with van der Waals surface area (Å²) in [4.78, 5) is 15.7. The number of carbonyl (C=O) groups is 1. The normalized spacial score (nSPS) is 23.8. The molecule has 3 heteroatoms. The van der Waals surface area contributed by atoms with E-state index in [0.717, 1.165) is 38.9 Å². The molecule has 1 aliphatic heterocycles. The number of hydrogen-bond acceptors (Lipinski definition) is 2. The summed E-state index contributed by atoms with van der Waals surface area (Å²) in [7, 11) is 0. The van der Waals surface area contributed by atoms with Crippen LogP contribution in [-0.2, 0) is 11.3 Å². The van der Waals surface area contributed by atoms with E-state index < -0.39 is 0 Å². The minimum Gasteiger partial charge on any atom is -0.335 e. The number of amides is 1. The SMILES string of the molecule is O=C(C1CNCC(c2ccccc2)C1)N(Cc1ccc(C2=CCCCC2)cc1)C1CC1. The lowest BCUT2D eigenvalue weighted by molar-refractivity contribution is -0.137. The Morgan fingerprint density at radius 1 is 0.968 bits per heavy atom. The van der Waals surface area contributed by atoms with Gasteiger partial charge in [-0.1, -0.05) is 60.7 Å². The maximum absolute atomic E-state index is 13.6. The van der Waals surface area contributed by atoms with Crippen molar-refractivity contribution in [2.24, 2.45) is 5.92 Å². The van der Waals surface area contributed by atoms with Gasteiger partial charge < -0.3 is 10.2 Å². The van der Waals surface area contributed by atoms with Crippen LogP contribution in [0.25, 0.3) is 5.57 Å². The molecule has 0 bridgehead atoms. The van der Waals surface area contributed by atoms with Crippen LogP contribution in [-0.4, -0.2) is 29.9 Å². The first-order chi connectivity index (χ1) is 15.3. The highest BCUT2D eigenvalue weighted by Crippen LogP contribution is 2.34. The van der Waals surface area contributed by atoms with Crippen LogP contribution in [0, 0.1) is 5.92 Å². The second-order valence-corrected chi connectivity index (χ2v) is 9.57. The van der Waals surface area contributed by atoms with Gasteiger partial charge >= 0.3 is 0 Å². The Balaban J connectivity index is 1.26. The number of nitrogens with one attached hydrogen (secondary N) is 1. The number of allylic oxidation sites excluding steroid dienone is 2. The molecule has 2 aromatic rings. The van der Waals surface area contributed by atoms with Crippen molar-refractivity contribution in [3.8, 4) is 0 Å². The summed E-state index contributed by atoms with van der Waals surface area (Å²) in [5.74, 6) is 0.842. The number of hydrogen-bond donors (Lipinski definition) is 1. The van der Waals surface area contributed by atoms with E-state index in [9.17, 15) is 4.79 Å². The molecule has 0 spiro atoms. The maximum atomic E-state index is 13.6. The van der Waals surface area contributed by atoms with E-state index >= 15 is 0 Å². The molecule has 2 unspecified atom stereocenters.